The Kier molecular flexibility index (Phi) is 4.15. The minimum atomic E-state index is 0.0613. The maximum atomic E-state index is 12.8. The second-order valence-corrected chi connectivity index (χ2v) is 11.4. The number of nitrogens with one attached hydrogen (secondary N) is 2. The zero-order chi connectivity index (χ0) is 20.6. The Labute approximate surface area is 186 Å². The fourth-order valence-corrected chi connectivity index (χ4v) is 7.78. The Morgan fingerprint density at radius 3 is 2.74 bits per heavy atom. The minimum Gasteiger partial charge on any atom is -0.366 e. The van der Waals surface area contributed by atoms with Crippen molar-refractivity contribution in [2.45, 2.75) is 63.1 Å². The van der Waals surface area contributed by atoms with Crippen LogP contribution in [-0.2, 0) is 17.6 Å². The van der Waals surface area contributed by atoms with Gasteiger partial charge in [-0.25, -0.2) is 9.97 Å². The summed E-state index contributed by atoms with van der Waals surface area (Å²) in [6, 6.07) is 0.889. The summed E-state index contributed by atoms with van der Waals surface area (Å²) in [5.41, 5.74) is 1.86. The fraction of sp³-hybridized carbons (Fsp3) is 0.696. The number of hydrogen-bond acceptors (Lipinski definition) is 7. The lowest BCUT2D eigenvalue weighted by Crippen LogP contribution is -2.66. The van der Waals surface area contributed by atoms with Crippen molar-refractivity contribution in [3.8, 4) is 0 Å². The van der Waals surface area contributed by atoms with Gasteiger partial charge in [-0.05, 0) is 55.9 Å². The quantitative estimate of drug-likeness (QED) is 0.761. The molecule has 0 aromatic carbocycles. The van der Waals surface area contributed by atoms with Crippen molar-refractivity contribution in [3.63, 3.8) is 0 Å². The summed E-state index contributed by atoms with van der Waals surface area (Å²) in [5, 5.41) is 8.42. The molecule has 1 spiro atoms. The number of rotatable bonds is 4. The predicted molar refractivity (Wildman–Crippen MR) is 121 cm³/mol. The van der Waals surface area contributed by atoms with E-state index in [0.29, 0.717) is 17.5 Å². The first-order valence-corrected chi connectivity index (χ1v) is 12.8. The summed E-state index contributed by atoms with van der Waals surface area (Å²) in [5.74, 6) is 1.29. The molecule has 2 aromatic heterocycles. The molecule has 6 aliphatic rings. The Balaban J connectivity index is 0.995. The van der Waals surface area contributed by atoms with Crippen LogP contribution in [0, 0.1) is 5.41 Å². The van der Waals surface area contributed by atoms with Crippen LogP contribution >= 0.6 is 11.3 Å². The zero-order valence-corrected chi connectivity index (χ0v) is 18.7. The molecule has 5 heterocycles. The number of carbonyl (C=O) groups is 1. The first-order chi connectivity index (χ1) is 15.2. The average Bonchev–Trinajstić information content (AvgIpc) is 3.34. The number of carbonyl (C=O) groups excluding carboxylic acids is 1. The molecule has 3 aliphatic carbocycles. The van der Waals surface area contributed by atoms with Gasteiger partial charge in [0.25, 0.3) is 0 Å². The largest absolute Gasteiger partial charge is 0.366 e. The van der Waals surface area contributed by atoms with Gasteiger partial charge in [0.1, 0.15) is 23.0 Å². The number of aromatic nitrogens is 2. The van der Waals surface area contributed by atoms with Crippen LogP contribution in [0.15, 0.2) is 6.33 Å². The van der Waals surface area contributed by atoms with Gasteiger partial charge < -0.3 is 10.6 Å². The van der Waals surface area contributed by atoms with Gasteiger partial charge >= 0.3 is 0 Å². The summed E-state index contributed by atoms with van der Waals surface area (Å²) < 4.78 is 0. The molecule has 8 heteroatoms. The summed E-state index contributed by atoms with van der Waals surface area (Å²) >= 11 is 1.86. The molecule has 2 bridgehead atoms. The molecule has 1 amide bonds. The van der Waals surface area contributed by atoms with E-state index in [1.807, 2.05) is 11.3 Å². The summed E-state index contributed by atoms with van der Waals surface area (Å²) in [6.07, 6.45) is 10.0. The number of piperazine rings is 3. The number of fused-ring (bicyclic) bond motifs is 6. The molecule has 8 rings (SSSR count). The van der Waals surface area contributed by atoms with Crippen molar-refractivity contribution in [2.24, 2.45) is 5.41 Å². The van der Waals surface area contributed by atoms with Gasteiger partial charge in [-0.3, -0.25) is 14.6 Å². The normalized spacial score (nSPS) is 38.0. The molecule has 7 nitrogen and oxygen atoms in total. The lowest BCUT2D eigenvalue weighted by atomic mass is 9.76. The monoisotopic (exact) mass is 438 g/mol. The molecule has 2 unspecified atom stereocenters. The molecule has 2 N–H and O–H groups in total. The third-order valence-electron chi connectivity index (χ3n) is 8.49. The van der Waals surface area contributed by atoms with Crippen molar-refractivity contribution < 1.29 is 4.79 Å². The molecule has 2 atom stereocenters. The molecular weight excluding hydrogens is 408 g/mol. The number of hydrogen-bond donors (Lipinski definition) is 2. The SMILES string of the molecule is O=C(NC1CC2(C1)CC2Nc1ncnc2sc3c(c12)CCCC3)C1CN2CCN1CC2. The Bertz CT molecular complexity index is 1040. The third kappa shape index (κ3) is 3.02. The van der Waals surface area contributed by atoms with Gasteiger partial charge in [0, 0.05) is 49.7 Å². The molecule has 164 valence electrons. The third-order valence-corrected chi connectivity index (χ3v) is 9.69. The smallest absolute Gasteiger partial charge is 0.238 e. The Morgan fingerprint density at radius 2 is 1.94 bits per heavy atom. The summed E-state index contributed by atoms with van der Waals surface area (Å²) in [4.78, 5) is 29.5. The van der Waals surface area contributed by atoms with Gasteiger partial charge in [0.15, 0.2) is 0 Å². The predicted octanol–water partition coefficient (Wildman–Crippen LogP) is 2.02. The lowest BCUT2D eigenvalue weighted by molar-refractivity contribution is -0.133. The topological polar surface area (TPSA) is 73.4 Å². The van der Waals surface area contributed by atoms with Crippen LogP contribution in [0.3, 0.4) is 0 Å². The van der Waals surface area contributed by atoms with E-state index in [2.05, 4.69) is 30.4 Å². The van der Waals surface area contributed by atoms with Crippen LogP contribution < -0.4 is 10.6 Å². The van der Waals surface area contributed by atoms with Gasteiger partial charge in [-0.2, -0.15) is 0 Å². The highest BCUT2D eigenvalue weighted by Crippen LogP contribution is 2.62. The van der Waals surface area contributed by atoms with Crippen LogP contribution in [-0.4, -0.2) is 76.5 Å². The Hall–Kier alpha value is -1.77. The van der Waals surface area contributed by atoms with E-state index in [1.54, 1.807) is 6.33 Å². The highest BCUT2D eigenvalue weighted by atomic mass is 32.1. The number of nitrogens with zero attached hydrogens (tertiary/aromatic N) is 4. The molecule has 2 aromatic rings. The minimum absolute atomic E-state index is 0.0613. The first-order valence-electron chi connectivity index (χ1n) is 12.0. The molecular formula is C23H30N6OS. The van der Waals surface area contributed by atoms with E-state index >= 15 is 0 Å². The highest BCUT2D eigenvalue weighted by Gasteiger charge is 2.62. The van der Waals surface area contributed by atoms with Gasteiger partial charge in [0.05, 0.1) is 5.39 Å². The summed E-state index contributed by atoms with van der Waals surface area (Å²) in [6.45, 7) is 5.22. The number of aryl methyl sites for hydroxylation is 2. The van der Waals surface area contributed by atoms with Gasteiger partial charge in [-0.1, -0.05) is 0 Å². The van der Waals surface area contributed by atoms with Crippen molar-refractivity contribution in [2.75, 3.05) is 38.0 Å². The Morgan fingerprint density at radius 1 is 1.10 bits per heavy atom. The van der Waals surface area contributed by atoms with Crippen LogP contribution in [0.2, 0.25) is 0 Å². The van der Waals surface area contributed by atoms with Gasteiger partial charge in [-0.15, -0.1) is 11.3 Å². The molecule has 3 aliphatic heterocycles. The number of amides is 1. The van der Waals surface area contributed by atoms with Crippen LogP contribution in [0.25, 0.3) is 10.2 Å². The number of thiophene rings is 1. The second kappa shape index (κ2) is 6.86. The molecule has 0 radical (unpaired) electrons. The van der Waals surface area contributed by atoms with Crippen LogP contribution in [0.1, 0.15) is 42.5 Å². The van der Waals surface area contributed by atoms with Crippen molar-refractivity contribution >= 4 is 33.3 Å². The van der Waals surface area contributed by atoms with E-state index in [9.17, 15) is 4.79 Å². The molecule has 5 fully saturated rings. The maximum Gasteiger partial charge on any atom is 0.238 e. The molecule has 2 saturated carbocycles. The maximum absolute atomic E-state index is 12.8. The van der Waals surface area contributed by atoms with Crippen molar-refractivity contribution in [1.82, 2.24) is 25.1 Å². The van der Waals surface area contributed by atoms with Crippen LogP contribution in [0.5, 0.6) is 0 Å². The van der Waals surface area contributed by atoms with E-state index in [0.717, 1.165) is 62.6 Å². The number of anilines is 1. The van der Waals surface area contributed by atoms with Crippen molar-refractivity contribution in [3.05, 3.63) is 16.8 Å². The average molecular weight is 439 g/mol. The molecule has 3 saturated heterocycles. The zero-order valence-electron chi connectivity index (χ0n) is 17.9. The van der Waals surface area contributed by atoms with Crippen molar-refractivity contribution in [1.29, 1.82) is 0 Å². The highest BCUT2D eigenvalue weighted by molar-refractivity contribution is 7.19. The van der Waals surface area contributed by atoms with E-state index in [4.69, 9.17) is 0 Å². The van der Waals surface area contributed by atoms with Crippen LogP contribution in [0.4, 0.5) is 5.82 Å². The fourth-order valence-electron chi connectivity index (χ4n) is 6.56. The van der Waals surface area contributed by atoms with E-state index in [1.165, 1.54) is 41.5 Å². The lowest BCUT2D eigenvalue weighted by Gasteiger charge is -2.47. The standard InChI is InChI=1S/C23H30N6OS/c30-21(16-12-28-5-7-29(16)8-6-28)26-14-9-23(10-14)11-18(23)27-20-19-15-3-1-2-4-17(15)31-22(19)25-13-24-20/h13-14,16,18H,1-12H2,(H,26,30)(H,24,25,27). The second-order valence-electron chi connectivity index (χ2n) is 10.3. The van der Waals surface area contributed by atoms with Gasteiger partial charge in [0.2, 0.25) is 5.91 Å². The van der Waals surface area contributed by atoms with E-state index in [-0.39, 0.29) is 11.9 Å². The van der Waals surface area contributed by atoms with E-state index < -0.39 is 0 Å². The molecule has 31 heavy (non-hydrogen) atoms. The summed E-state index contributed by atoms with van der Waals surface area (Å²) in [7, 11) is 0. The first kappa shape index (κ1) is 18.8.